The predicted molar refractivity (Wildman–Crippen MR) is 216 cm³/mol. The van der Waals surface area contributed by atoms with Crippen LogP contribution in [-0.2, 0) is 0 Å². The van der Waals surface area contributed by atoms with Crippen molar-refractivity contribution >= 4 is 312 Å². The van der Waals surface area contributed by atoms with E-state index in [-0.39, 0.29) is 189 Å². The molecular formula is C20H30Ca5O60. The molecule has 30 N–H and O–H groups in total. The van der Waals surface area contributed by atoms with Gasteiger partial charge in [0, 0.05) is 0 Å². The van der Waals surface area contributed by atoms with Crippen LogP contribution in [0.25, 0.3) is 0 Å². The van der Waals surface area contributed by atoms with Crippen molar-refractivity contribution in [3.63, 3.8) is 0 Å². The molecule has 0 aromatic carbocycles. The molecule has 0 aliphatic rings. The van der Waals surface area contributed by atoms with E-state index in [1.807, 2.05) is 0 Å². The van der Waals surface area contributed by atoms with Gasteiger partial charge in [0.05, 0.1) is 0 Å². The van der Waals surface area contributed by atoms with Crippen LogP contribution in [0.4, 0.5) is 95.9 Å². The van der Waals surface area contributed by atoms with Crippen molar-refractivity contribution in [1.82, 2.24) is 0 Å². The van der Waals surface area contributed by atoms with E-state index in [1.54, 1.807) is 0 Å². The van der Waals surface area contributed by atoms with Crippen molar-refractivity contribution in [2.45, 2.75) is 0 Å². The van der Waals surface area contributed by atoms with Gasteiger partial charge >= 0.3 is 281 Å². The average Bonchev–Trinajstić information content (AvgIpc) is 2.99. The second-order valence-corrected chi connectivity index (χ2v) is 5.49. The maximum atomic E-state index is 8.56. The smallest absolute Gasteiger partial charge is 0.652 e. The minimum absolute atomic E-state index is 0. The topological polar surface area (TPSA) is 1180 Å². The van der Waals surface area contributed by atoms with Gasteiger partial charge in [-0.15, -0.1) is 0 Å². The van der Waals surface area contributed by atoms with Crippen LogP contribution in [0.2, 0.25) is 0 Å². The Kier molecular flexibility index (Phi) is 306. The number of hydrogen-bond donors (Lipinski definition) is 30. The van der Waals surface area contributed by atoms with Crippen molar-refractivity contribution in [1.29, 1.82) is 0 Å². The molecule has 0 aromatic rings. The van der Waals surface area contributed by atoms with Crippen LogP contribution >= 0.6 is 0 Å². The van der Waals surface area contributed by atoms with E-state index in [9.17, 15) is 0 Å². The summed E-state index contributed by atoms with van der Waals surface area (Å²) in [5, 5.41) is 293. The molecule has 0 atom stereocenters. The molecule has 0 heterocycles. The second-order valence-electron chi connectivity index (χ2n) is 5.49. The quantitative estimate of drug-likeness (QED) is 0.100. The molecular weight excluding hydrogens is 1400 g/mol. The number of carboxylic acid groups (broad SMARTS) is 40. The first-order chi connectivity index (χ1) is 34.6. The molecule has 0 fully saturated rings. The Morgan fingerprint density at radius 3 is 0.118 bits per heavy atom. The summed E-state index contributed by atoms with van der Waals surface area (Å²) in [4.78, 5) is 170. The Hall–Kier alpha value is -8.30. The molecule has 60 nitrogen and oxygen atoms in total. The molecule has 0 aromatic heterocycles. The number of hydrogen-bond acceptors (Lipinski definition) is 30. The first-order valence-corrected chi connectivity index (χ1v) is 12.8. The summed E-state index contributed by atoms with van der Waals surface area (Å²) in [6, 6.07) is 0. The summed E-state index contributed by atoms with van der Waals surface area (Å²) in [5.74, 6) is 0. The SMILES string of the molecule is O=C(O)O.O=C(O)O.O=C(O)O.O=C(O)O.O=C(O)O.O=C(O)O.O=C(O)O.O=C(O)O.O=C(O)O.O=C(O)O.O=C(O)O.O=C(O)O.O=C(O)O.O=C(O)O.O=C(O)O.O=C([O-])[O-].O=C([O-])[O-].O=C([O-])[O-].O=C([O-])[O-].O=C([O-])[O-].[Ca+2].[Ca+2].[Ca+2].[Ca+2].[Ca+2]. The van der Waals surface area contributed by atoms with Gasteiger partial charge < -0.3 is 228 Å². The first-order valence-electron chi connectivity index (χ1n) is 12.8. The first kappa shape index (κ1) is 164. The Morgan fingerprint density at radius 2 is 0.118 bits per heavy atom. The molecule has 0 radical (unpaired) electrons. The molecule has 65 heteroatoms. The summed E-state index contributed by atoms with van der Waals surface area (Å²) < 4.78 is 0. The molecule has 0 unspecified atom stereocenters. The molecule has 0 bridgehead atoms. The normalized spacial score (nSPS) is 5.65. The van der Waals surface area contributed by atoms with Crippen molar-refractivity contribution in [3.05, 3.63) is 0 Å². The van der Waals surface area contributed by atoms with Crippen LogP contribution in [-0.4, -0.2) is 465 Å². The van der Waals surface area contributed by atoms with E-state index in [2.05, 4.69) is 0 Å². The Morgan fingerprint density at radius 1 is 0.118 bits per heavy atom. The summed E-state index contributed by atoms with van der Waals surface area (Å²) >= 11 is 0. The Labute approximate surface area is 604 Å². The zero-order valence-corrected chi connectivity index (χ0v) is 50.2. The Balaban J connectivity index is -0.0000000193. The fraction of sp³-hybridized carbons (Fsp3) is 0. The molecule has 480 valence electrons. The monoisotopic (exact) mass is 1430 g/mol. The zero-order valence-electron chi connectivity index (χ0n) is 39.2. The number of carbonyl (C=O) groups is 20. The van der Waals surface area contributed by atoms with Gasteiger partial charge in [0.25, 0.3) is 0 Å². The van der Waals surface area contributed by atoms with Crippen molar-refractivity contribution in [2.75, 3.05) is 0 Å². The number of rotatable bonds is 0. The second kappa shape index (κ2) is 158. The van der Waals surface area contributed by atoms with Crippen molar-refractivity contribution in [3.8, 4) is 0 Å². The van der Waals surface area contributed by atoms with Gasteiger partial charge in [-0.1, -0.05) is 0 Å². The third-order valence-electron chi connectivity index (χ3n) is 0. The minimum atomic E-state index is -2.33. The third kappa shape index (κ3) is 5970. The maximum Gasteiger partial charge on any atom is 2.00 e. The zero-order chi connectivity index (χ0) is 71.5. The molecule has 0 aliphatic heterocycles. The van der Waals surface area contributed by atoms with Gasteiger partial charge in [-0.3, -0.25) is 0 Å². The minimum Gasteiger partial charge on any atom is -0.652 e. The molecule has 0 spiro atoms. The van der Waals surface area contributed by atoms with Crippen LogP contribution in [0.5, 0.6) is 0 Å². The molecule has 0 saturated heterocycles. The fourth-order valence-electron chi connectivity index (χ4n) is 0. The predicted octanol–water partition coefficient (Wildman–Crippen LogP) is -10.8. The van der Waals surface area contributed by atoms with Gasteiger partial charge in [-0.05, 0) is 30.8 Å². The van der Waals surface area contributed by atoms with Crippen LogP contribution in [0, 0.1) is 0 Å². The summed E-state index contributed by atoms with van der Waals surface area (Å²) in [6.07, 6.45) is -39.2. The average molecular weight is 1430 g/mol. The molecule has 85 heavy (non-hydrogen) atoms. The largest absolute Gasteiger partial charge is 2.00 e. The van der Waals surface area contributed by atoms with Gasteiger partial charge in [0.1, 0.15) is 0 Å². The Bertz CT molecular complexity index is 1070. The summed E-state index contributed by atoms with van der Waals surface area (Å²) in [7, 11) is 0. The van der Waals surface area contributed by atoms with Gasteiger partial charge in [-0.25, -0.2) is 71.9 Å². The molecule has 0 amide bonds. The standard InChI is InChI=1S/20CH2O3.5Ca/c20*2-1(3)4;;;;;/h20*(H2,2,3,4);;;;;/q;;;;;;;;;;;;;;;;;;;;5*+2/p-10. The van der Waals surface area contributed by atoms with Gasteiger partial charge in [0.15, 0.2) is 0 Å². The van der Waals surface area contributed by atoms with Gasteiger partial charge in [0.2, 0.25) is 0 Å². The van der Waals surface area contributed by atoms with Crippen LogP contribution in [0.15, 0.2) is 0 Å². The molecule has 0 aliphatic carbocycles. The van der Waals surface area contributed by atoms with E-state index < -0.39 is 123 Å². The van der Waals surface area contributed by atoms with Crippen LogP contribution < -0.4 is 51.1 Å². The van der Waals surface area contributed by atoms with E-state index in [1.165, 1.54) is 0 Å². The van der Waals surface area contributed by atoms with Crippen LogP contribution in [0.3, 0.4) is 0 Å². The maximum absolute atomic E-state index is 8.56. The van der Waals surface area contributed by atoms with E-state index >= 15 is 0 Å². The van der Waals surface area contributed by atoms with Gasteiger partial charge in [-0.2, -0.15) is 0 Å². The van der Waals surface area contributed by atoms with E-state index in [4.69, 9.17) is 300 Å². The third-order valence-corrected chi connectivity index (χ3v) is 0. The summed E-state index contributed by atoms with van der Waals surface area (Å²) in [6.45, 7) is 0. The van der Waals surface area contributed by atoms with E-state index in [0.29, 0.717) is 0 Å². The molecule has 0 rings (SSSR count). The van der Waals surface area contributed by atoms with Crippen molar-refractivity contribution < 1.29 is 300 Å². The van der Waals surface area contributed by atoms with Crippen LogP contribution in [0.1, 0.15) is 0 Å². The molecule has 0 saturated carbocycles. The van der Waals surface area contributed by atoms with E-state index in [0.717, 1.165) is 0 Å². The number of carbonyl (C=O) groups excluding carboxylic acids is 5. The summed E-state index contributed by atoms with van der Waals surface area (Å²) in [5.41, 5.74) is 0. The van der Waals surface area contributed by atoms with Crippen molar-refractivity contribution in [2.24, 2.45) is 0 Å². The fourth-order valence-corrected chi connectivity index (χ4v) is 0.